The SMILES string of the molecule is CCc1cc(Cl)cc(Cl)c1C1=C(OC(=O)N(C)C)C(C)NC1=O. The fraction of sp³-hybridized carbons (Fsp3) is 0.375. The maximum Gasteiger partial charge on any atom is 0.414 e. The van der Waals surface area contributed by atoms with Crippen molar-refractivity contribution >= 4 is 40.8 Å². The molecule has 23 heavy (non-hydrogen) atoms. The summed E-state index contributed by atoms with van der Waals surface area (Å²) in [5.74, 6) is -0.0504. The smallest absolute Gasteiger partial charge is 0.412 e. The van der Waals surface area contributed by atoms with Crippen molar-refractivity contribution in [2.45, 2.75) is 26.3 Å². The number of halogens is 2. The van der Waals surface area contributed by atoms with Crippen LogP contribution >= 0.6 is 23.2 Å². The second kappa shape index (κ2) is 6.81. The number of ether oxygens (including phenoxy) is 1. The molecule has 2 amide bonds. The number of amides is 2. The van der Waals surface area contributed by atoms with Crippen LogP contribution in [0.25, 0.3) is 5.57 Å². The van der Waals surface area contributed by atoms with E-state index in [-0.39, 0.29) is 17.2 Å². The molecule has 0 fully saturated rings. The summed E-state index contributed by atoms with van der Waals surface area (Å²) in [6.07, 6.45) is 0.0827. The quantitative estimate of drug-likeness (QED) is 0.901. The van der Waals surface area contributed by atoms with Crippen LogP contribution in [0.1, 0.15) is 25.0 Å². The Morgan fingerprint density at radius 3 is 2.57 bits per heavy atom. The van der Waals surface area contributed by atoms with Crippen LogP contribution in [0.4, 0.5) is 4.79 Å². The maximum absolute atomic E-state index is 12.4. The van der Waals surface area contributed by atoms with Gasteiger partial charge in [-0.3, -0.25) is 4.79 Å². The van der Waals surface area contributed by atoms with Gasteiger partial charge in [-0.1, -0.05) is 30.1 Å². The summed E-state index contributed by atoms with van der Waals surface area (Å²) < 4.78 is 5.40. The summed E-state index contributed by atoms with van der Waals surface area (Å²) in [6, 6.07) is 2.92. The number of aryl methyl sites for hydroxylation is 1. The predicted octanol–water partition coefficient (Wildman–Crippen LogP) is 3.48. The monoisotopic (exact) mass is 356 g/mol. The molecule has 0 saturated heterocycles. The molecule has 2 rings (SSSR count). The standard InChI is InChI=1S/C16H18Cl2N2O3/c1-5-9-6-10(17)7-11(18)12(9)13-14(8(2)19-15(13)21)23-16(22)20(3)4/h6-8H,5H2,1-4H3,(H,19,21). The van der Waals surface area contributed by atoms with Crippen molar-refractivity contribution in [3.63, 3.8) is 0 Å². The van der Waals surface area contributed by atoms with E-state index in [1.165, 1.54) is 4.90 Å². The van der Waals surface area contributed by atoms with Gasteiger partial charge < -0.3 is 15.0 Å². The molecule has 0 radical (unpaired) electrons. The van der Waals surface area contributed by atoms with Gasteiger partial charge in [0.2, 0.25) is 0 Å². The fourth-order valence-corrected chi connectivity index (χ4v) is 3.04. The van der Waals surface area contributed by atoms with Crippen LogP contribution in [0.2, 0.25) is 10.0 Å². The Labute approximate surface area is 145 Å². The molecule has 1 aliphatic heterocycles. The van der Waals surface area contributed by atoms with E-state index in [4.69, 9.17) is 27.9 Å². The molecule has 0 bridgehead atoms. The van der Waals surface area contributed by atoms with Crippen LogP contribution in [0.15, 0.2) is 17.9 Å². The number of nitrogens with zero attached hydrogens (tertiary/aromatic N) is 1. The van der Waals surface area contributed by atoms with Crippen LogP contribution in [-0.2, 0) is 16.0 Å². The normalized spacial score (nSPS) is 17.3. The number of rotatable bonds is 3. The zero-order valence-corrected chi connectivity index (χ0v) is 14.9. The molecule has 1 heterocycles. The Balaban J connectivity index is 2.63. The van der Waals surface area contributed by atoms with Crippen LogP contribution in [0.5, 0.6) is 0 Å². The Bertz CT molecular complexity index is 699. The first-order valence-electron chi connectivity index (χ1n) is 7.18. The number of carbonyl (C=O) groups excluding carboxylic acids is 2. The molecule has 5 nitrogen and oxygen atoms in total. The molecular weight excluding hydrogens is 339 g/mol. The number of benzene rings is 1. The van der Waals surface area contributed by atoms with E-state index >= 15 is 0 Å². The predicted molar refractivity (Wildman–Crippen MR) is 90.5 cm³/mol. The van der Waals surface area contributed by atoms with Crippen LogP contribution in [0.3, 0.4) is 0 Å². The average Bonchev–Trinajstić information content (AvgIpc) is 2.72. The third kappa shape index (κ3) is 3.46. The first-order valence-corrected chi connectivity index (χ1v) is 7.94. The van der Waals surface area contributed by atoms with Crippen molar-refractivity contribution in [1.82, 2.24) is 10.2 Å². The van der Waals surface area contributed by atoms with Crippen molar-refractivity contribution in [1.29, 1.82) is 0 Å². The highest BCUT2D eigenvalue weighted by Crippen LogP contribution is 2.36. The van der Waals surface area contributed by atoms with Crippen molar-refractivity contribution in [2.24, 2.45) is 0 Å². The van der Waals surface area contributed by atoms with Crippen molar-refractivity contribution in [2.75, 3.05) is 14.1 Å². The molecule has 7 heteroatoms. The second-order valence-electron chi connectivity index (χ2n) is 5.47. The lowest BCUT2D eigenvalue weighted by Crippen LogP contribution is -2.29. The highest BCUT2D eigenvalue weighted by Gasteiger charge is 2.35. The Morgan fingerprint density at radius 1 is 1.35 bits per heavy atom. The van der Waals surface area contributed by atoms with Gasteiger partial charge in [-0.25, -0.2) is 4.79 Å². The second-order valence-corrected chi connectivity index (χ2v) is 6.32. The molecule has 1 unspecified atom stereocenters. The number of carbonyl (C=O) groups is 2. The molecule has 0 saturated carbocycles. The summed E-state index contributed by atoms with van der Waals surface area (Å²) in [5, 5.41) is 3.60. The molecule has 1 aromatic carbocycles. The van der Waals surface area contributed by atoms with Gasteiger partial charge in [-0.15, -0.1) is 0 Å². The van der Waals surface area contributed by atoms with Crippen molar-refractivity contribution in [3.8, 4) is 0 Å². The van der Waals surface area contributed by atoms with Gasteiger partial charge in [0.1, 0.15) is 5.76 Å². The Kier molecular flexibility index (Phi) is 5.22. The first-order chi connectivity index (χ1) is 10.8. The molecule has 0 aliphatic carbocycles. The lowest BCUT2D eigenvalue weighted by atomic mass is 9.97. The van der Waals surface area contributed by atoms with Gasteiger partial charge >= 0.3 is 6.09 Å². The van der Waals surface area contributed by atoms with E-state index in [1.54, 1.807) is 33.2 Å². The Hall–Kier alpha value is -1.72. The molecule has 124 valence electrons. The minimum Gasteiger partial charge on any atom is -0.412 e. The molecule has 0 aromatic heterocycles. The third-order valence-electron chi connectivity index (χ3n) is 3.54. The number of hydrogen-bond acceptors (Lipinski definition) is 3. The third-order valence-corrected chi connectivity index (χ3v) is 4.06. The topological polar surface area (TPSA) is 58.6 Å². The van der Waals surface area contributed by atoms with E-state index in [1.807, 2.05) is 6.92 Å². The van der Waals surface area contributed by atoms with E-state index < -0.39 is 12.1 Å². The molecule has 1 aliphatic rings. The van der Waals surface area contributed by atoms with Crippen LogP contribution < -0.4 is 5.32 Å². The van der Waals surface area contributed by atoms with Gasteiger partial charge in [0.05, 0.1) is 16.6 Å². The number of hydrogen-bond donors (Lipinski definition) is 1. The van der Waals surface area contributed by atoms with Crippen LogP contribution in [-0.4, -0.2) is 37.0 Å². The highest BCUT2D eigenvalue weighted by molar-refractivity contribution is 6.38. The molecular formula is C16H18Cl2N2O3. The van der Waals surface area contributed by atoms with Crippen LogP contribution in [0, 0.1) is 0 Å². The van der Waals surface area contributed by atoms with Gasteiger partial charge in [0, 0.05) is 24.7 Å². The average molecular weight is 357 g/mol. The van der Waals surface area contributed by atoms with Gasteiger partial charge in [-0.2, -0.15) is 0 Å². The minimum absolute atomic E-state index is 0.271. The van der Waals surface area contributed by atoms with E-state index in [0.717, 1.165) is 5.56 Å². The summed E-state index contributed by atoms with van der Waals surface area (Å²) >= 11 is 12.4. The summed E-state index contributed by atoms with van der Waals surface area (Å²) in [5.41, 5.74) is 1.66. The molecule has 1 N–H and O–H groups in total. The number of nitrogens with one attached hydrogen (secondary N) is 1. The summed E-state index contributed by atoms with van der Waals surface area (Å²) in [6.45, 7) is 3.69. The van der Waals surface area contributed by atoms with Crippen molar-refractivity contribution < 1.29 is 14.3 Å². The zero-order chi connectivity index (χ0) is 17.3. The molecule has 1 atom stereocenters. The lowest BCUT2D eigenvalue weighted by molar-refractivity contribution is -0.115. The molecule has 0 spiro atoms. The van der Waals surface area contributed by atoms with Crippen molar-refractivity contribution in [3.05, 3.63) is 39.1 Å². The summed E-state index contributed by atoms with van der Waals surface area (Å²) in [7, 11) is 3.15. The first kappa shape index (κ1) is 17.6. The highest BCUT2D eigenvalue weighted by atomic mass is 35.5. The minimum atomic E-state index is -0.552. The largest absolute Gasteiger partial charge is 0.414 e. The van der Waals surface area contributed by atoms with E-state index in [9.17, 15) is 9.59 Å². The lowest BCUT2D eigenvalue weighted by Gasteiger charge is -2.16. The zero-order valence-electron chi connectivity index (χ0n) is 13.4. The van der Waals surface area contributed by atoms with E-state index in [2.05, 4.69) is 5.32 Å². The Morgan fingerprint density at radius 2 is 2.00 bits per heavy atom. The van der Waals surface area contributed by atoms with Gasteiger partial charge in [0.15, 0.2) is 0 Å². The molecule has 1 aromatic rings. The fourth-order valence-electron chi connectivity index (χ4n) is 2.41. The van der Waals surface area contributed by atoms with E-state index in [0.29, 0.717) is 22.0 Å². The van der Waals surface area contributed by atoms with Gasteiger partial charge in [-0.05, 0) is 31.0 Å². The summed E-state index contributed by atoms with van der Waals surface area (Å²) in [4.78, 5) is 25.6. The maximum atomic E-state index is 12.4. The van der Waals surface area contributed by atoms with Gasteiger partial charge in [0.25, 0.3) is 5.91 Å².